The highest BCUT2D eigenvalue weighted by atomic mass is 19.1. The fourth-order valence-corrected chi connectivity index (χ4v) is 3.37. The molecule has 1 saturated carbocycles. The summed E-state index contributed by atoms with van der Waals surface area (Å²) in [4.78, 5) is 0. The predicted molar refractivity (Wildman–Crippen MR) is 75.1 cm³/mol. The zero-order valence-corrected chi connectivity index (χ0v) is 11.7. The largest absolute Gasteiger partial charge is 0.488 e. The van der Waals surface area contributed by atoms with Crippen LogP contribution >= 0.6 is 0 Å². The van der Waals surface area contributed by atoms with Crippen molar-refractivity contribution >= 4 is 0 Å². The summed E-state index contributed by atoms with van der Waals surface area (Å²) in [7, 11) is 0. The monoisotopic (exact) mass is 279 g/mol. The minimum Gasteiger partial charge on any atom is -0.488 e. The predicted octanol–water partition coefficient (Wildman–Crippen LogP) is 3.16. The van der Waals surface area contributed by atoms with Crippen molar-refractivity contribution in [2.75, 3.05) is 6.61 Å². The lowest BCUT2D eigenvalue weighted by Crippen LogP contribution is -2.27. The van der Waals surface area contributed by atoms with E-state index in [0.717, 1.165) is 18.4 Å². The maximum absolute atomic E-state index is 13.8. The standard InChI is InChI=1S/C16H22FNO2/c17-14-9-12(10-18)3-4-15(14)19-11-13-5-8-16(20-13)6-1-2-7-16/h3-4,9,13H,1-2,5-8,10-11,18H2. The van der Waals surface area contributed by atoms with E-state index in [1.165, 1.54) is 31.7 Å². The minimum absolute atomic E-state index is 0.0988. The molecule has 20 heavy (non-hydrogen) atoms. The zero-order valence-electron chi connectivity index (χ0n) is 11.7. The highest BCUT2D eigenvalue weighted by molar-refractivity contribution is 5.29. The molecule has 3 rings (SSSR count). The van der Waals surface area contributed by atoms with E-state index in [2.05, 4.69) is 0 Å². The van der Waals surface area contributed by atoms with Crippen molar-refractivity contribution in [2.45, 2.75) is 56.8 Å². The molecule has 1 atom stereocenters. The minimum atomic E-state index is -0.346. The topological polar surface area (TPSA) is 44.5 Å². The van der Waals surface area contributed by atoms with Gasteiger partial charge in [-0.2, -0.15) is 0 Å². The van der Waals surface area contributed by atoms with Crippen LogP contribution in [0, 0.1) is 5.82 Å². The van der Waals surface area contributed by atoms with E-state index in [1.54, 1.807) is 12.1 Å². The summed E-state index contributed by atoms with van der Waals surface area (Å²) in [5.41, 5.74) is 6.36. The molecule has 0 amide bonds. The van der Waals surface area contributed by atoms with E-state index in [4.69, 9.17) is 15.2 Å². The van der Waals surface area contributed by atoms with Gasteiger partial charge in [0.1, 0.15) is 6.61 Å². The molecule has 4 heteroatoms. The number of nitrogens with two attached hydrogens (primary N) is 1. The highest BCUT2D eigenvalue weighted by Gasteiger charge is 2.42. The number of hydrogen-bond acceptors (Lipinski definition) is 3. The summed E-state index contributed by atoms with van der Waals surface area (Å²) in [6.45, 7) is 0.770. The number of benzene rings is 1. The van der Waals surface area contributed by atoms with Crippen LogP contribution in [0.1, 0.15) is 44.1 Å². The molecule has 110 valence electrons. The molecule has 1 spiro atoms. The lowest BCUT2D eigenvalue weighted by atomic mass is 9.98. The van der Waals surface area contributed by atoms with Gasteiger partial charge in [-0.25, -0.2) is 4.39 Å². The Morgan fingerprint density at radius 2 is 2.10 bits per heavy atom. The lowest BCUT2D eigenvalue weighted by Gasteiger charge is -2.23. The van der Waals surface area contributed by atoms with Gasteiger partial charge in [0.05, 0.1) is 11.7 Å². The van der Waals surface area contributed by atoms with Crippen molar-refractivity contribution in [1.82, 2.24) is 0 Å². The van der Waals surface area contributed by atoms with Crippen LogP contribution in [0.2, 0.25) is 0 Å². The SMILES string of the molecule is NCc1ccc(OCC2CCC3(CCCC3)O2)c(F)c1. The lowest BCUT2D eigenvalue weighted by molar-refractivity contribution is -0.0512. The molecule has 0 radical (unpaired) electrons. The van der Waals surface area contributed by atoms with Gasteiger partial charge in [0, 0.05) is 6.54 Å². The molecule has 1 aliphatic heterocycles. The molecule has 1 aromatic carbocycles. The summed E-state index contributed by atoms with van der Waals surface area (Å²) < 4.78 is 25.5. The van der Waals surface area contributed by atoms with Gasteiger partial charge in [-0.15, -0.1) is 0 Å². The Morgan fingerprint density at radius 1 is 1.30 bits per heavy atom. The Balaban J connectivity index is 1.55. The fraction of sp³-hybridized carbons (Fsp3) is 0.625. The summed E-state index contributed by atoms with van der Waals surface area (Å²) in [6.07, 6.45) is 7.11. The Hall–Kier alpha value is -1.13. The first-order valence-electron chi connectivity index (χ1n) is 7.50. The van der Waals surface area contributed by atoms with Gasteiger partial charge in [0.15, 0.2) is 11.6 Å². The third-order valence-electron chi connectivity index (χ3n) is 4.51. The summed E-state index contributed by atoms with van der Waals surface area (Å²) in [5, 5.41) is 0. The van der Waals surface area contributed by atoms with Crippen LogP contribution in [0.4, 0.5) is 4.39 Å². The molecule has 2 aliphatic rings. The first-order valence-corrected chi connectivity index (χ1v) is 7.50. The van der Waals surface area contributed by atoms with Crippen molar-refractivity contribution in [3.8, 4) is 5.75 Å². The molecule has 2 fully saturated rings. The van der Waals surface area contributed by atoms with E-state index in [1.807, 2.05) is 0 Å². The Kier molecular flexibility index (Phi) is 3.94. The van der Waals surface area contributed by atoms with Gasteiger partial charge >= 0.3 is 0 Å². The van der Waals surface area contributed by atoms with Crippen LogP contribution in [0.15, 0.2) is 18.2 Å². The van der Waals surface area contributed by atoms with Crippen LogP contribution in [-0.2, 0) is 11.3 Å². The van der Waals surface area contributed by atoms with Crippen LogP contribution in [-0.4, -0.2) is 18.3 Å². The van der Waals surface area contributed by atoms with Crippen molar-refractivity contribution < 1.29 is 13.9 Å². The molecular formula is C16H22FNO2. The molecule has 1 saturated heterocycles. The average Bonchev–Trinajstić information content (AvgIpc) is 3.08. The second-order valence-electron chi connectivity index (χ2n) is 5.95. The van der Waals surface area contributed by atoms with E-state index >= 15 is 0 Å². The third-order valence-corrected chi connectivity index (χ3v) is 4.51. The van der Waals surface area contributed by atoms with Crippen LogP contribution in [0.5, 0.6) is 5.75 Å². The van der Waals surface area contributed by atoms with Gasteiger partial charge in [0.2, 0.25) is 0 Å². The smallest absolute Gasteiger partial charge is 0.165 e. The van der Waals surface area contributed by atoms with Gasteiger partial charge in [-0.3, -0.25) is 0 Å². The van der Waals surface area contributed by atoms with E-state index in [9.17, 15) is 4.39 Å². The molecule has 0 aromatic heterocycles. The first-order chi connectivity index (χ1) is 9.71. The van der Waals surface area contributed by atoms with Crippen molar-refractivity contribution in [3.63, 3.8) is 0 Å². The van der Waals surface area contributed by atoms with Crippen LogP contribution in [0.3, 0.4) is 0 Å². The fourth-order valence-electron chi connectivity index (χ4n) is 3.37. The highest BCUT2D eigenvalue weighted by Crippen LogP contribution is 2.43. The quantitative estimate of drug-likeness (QED) is 0.920. The molecule has 1 heterocycles. The number of ether oxygens (including phenoxy) is 2. The van der Waals surface area contributed by atoms with Gasteiger partial charge in [-0.1, -0.05) is 18.9 Å². The van der Waals surface area contributed by atoms with Gasteiger partial charge < -0.3 is 15.2 Å². The summed E-state index contributed by atoms with van der Waals surface area (Å²) in [5.74, 6) is -0.0558. The molecule has 1 aromatic rings. The number of halogens is 1. The summed E-state index contributed by atoms with van der Waals surface area (Å²) >= 11 is 0. The van der Waals surface area contributed by atoms with E-state index < -0.39 is 0 Å². The van der Waals surface area contributed by atoms with Crippen molar-refractivity contribution in [2.24, 2.45) is 5.73 Å². The maximum atomic E-state index is 13.8. The average molecular weight is 279 g/mol. The van der Waals surface area contributed by atoms with Crippen molar-refractivity contribution in [1.29, 1.82) is 0 Å². The number of rotatable bonds is 4. The van der Waals surface area contributed by atoms with Gasteiger partial charge in [-0.05, 0) is 43.4 Å². The molecule has 0 bridgehead atoms. The first kappa shape index (κ1) is 13.8. The van der Waals surface area contributed by atoms with Crippen LogP contribution < -0.4 is 10.5 Å². The normalized spacial score (nSPS) is 24.4. The molecule has 1 unspecified atom stereocenters. The van der Waals surface area contributed by atoms with Crippen LogP contribution in [0.25, 0.3) is 0 Å². The Bertz CT molecular complexity index is 472. The van der Waals surface area contributed by atoms with E-state index in [0.29, 0.717) is 13.2 Å². The summed E-state index contributed by atoms with van der Waals surface area (Å²) in [6, 6.07) is 4.88. The van der Waals surface area contributed by atoms with Gasteiger partial charge in [0.25, 0.3) is 0 Å². The molecule has 3 nitrogen and oxygen atoms in total. The molecule has 2 N–H and O–H groups in total. The third kappa shape index (κ3) is 2.81. The van der Waals surface area contributed by atoms with Crippen molar-refractivity contribution in [3.05, 3.63) is 29.6 Å². The Morgan fingerprint density at radius 3 is 2.80 bits per heavy atom. The molecule has 1 aliphatic carbocycles. The Labute approximate surface area is 119 Å². The van der Waals surface area contributed by atoms with E-state index in [-0.39, 0.29) is 23.3 Å². The second kappa shape index (κ2) is 5.70. The number of hydrogen-bond donors (Lipinski definition) is 1. The maximum Gasteiger partial charge on any atom is 0.165 e. The zero-order chi connectivity index (χ0) is 14.0. The molecular weight excluding hydrogens is 257 g/mol. The second-order valence-corrected chi connectivity index (χ2v) is 5.95.